The second-order valence-corrected chi connectivity index (χ2v) is 11.5. The molecule has 4 aromatic rings. The predicted molar refractivity (Wildman–Crippen MR) is 150 cm³/mol. The Balaban J connectivity index is 1.35. The maximum atomic E-state index is 13.8. The first kappa shape index (κ1) is 27.3. The molecule has 0 amide bonds. The lowest BCUT2D eigenvalue weighted by Crippen LogP contribution is -2.42. The van der Waals surface area contributed by atoms with Crippen LogP contribution in [0.1, 0.15) is 52.3 Å². The predicted octanol–water partition coefficient (Wildman–Crippen LogP) is 5.51. The van der Waals surface area contributed by atoms with E-state index in [0.29, 0.717) is 0 Å². The van der Waals surface area contributed by atoms with Crippen LogP contribution in [0.25, 0.3) is 16.9 Å². The number of ether oxygens (including phenoxy) is 1. The van der Waals surface area contributed by atoms with Gasteiger partial charge in [-0.1, -0.05) is 6.07 Å². The van der Waals surface area contributed by atoms with E-state index >= 15 is 0 Å². The third-order valence-electron chi connectivity index (χ3n) is 7.94. The standard InChI is InChI=1S/C29H32F3N7O2/c1-17(2)38-26(40)22-14-33-27(34-18-8-10-19(11-9-18)37-15-20-12-13-21(16-37)41-20)36-25(22)39(38)24-7-5-6-23(35-24)28(3,4)29(30,31)32/h5-11,14,17,20-21H,12-13,15-16H2,1-4H3,(H,33,34,36). The largest absolute Gasteiger partial charge is 0.399 e. The topological polar surface area (TPSA) is 90.1 Å². The van der Waals surface area contributed by atoms with Gasteiger partial charge in [0.1, 0.15) is 10.8 Å². The third kappa shape index (κ3) is 4.83. The lowest BCUT2D eigenvalue weighted by Gasteiger charge is -2.33. The number of aromatic nitrogens is 5. The van der Waals surface area contributed by atoms with Crippen LogP contribution in [0.2, 0.25) is 0 Å². The summed E-state index contributed by atoms with van der Waals surface area (Å²) in [5.41, 5.74) is -0.586. The molecular weight excluding hydrogens is 535 g/mol. The maximum Gasteiger partial charge on any atom is 0.399 e. The molecule has 2 bridgehead atoms. The highest BCUT2D eigenvalue weighted by Gasteiger charge is 2.49. The smallest absolute Gasteiger partial charge is 0.371 e. The van der Waals surface area contributed by atoms with Gasteiger partial charge in [-0.25, -0.2) is 19.3 Å². The Morgan fingerprint density at radius 1 is 1.00 bits per heavy atom. The Labute approximate surface area is 235 Å². The molecule has 2 saturated heterocycles. The number of alkyl halides is 3. The highest BCUT2D eigenvalue weighted by molar-refractivity contribution is 5.77. The van der Waals surface area contributed by atoms with Crippen molar-refractivity contribution < 1.29 is 17.9 Å². The van der Waals surface area contributed by atoms with Crippen LogP contribution < -0.4 is 15.8 Å². The van der Waals surface area contributed by atoms with Gasteiger partial charge in [0.25, 0.3) is 5.56 Å². The molecule has 1 aromatic carbocycles. The van der Waals surface area contributed by atoms with Crippen LogP contribution >= 0.6 is 0 Å². The number of hydrogen-bond acceptors (Lipinski definition) is 7. The SMILES string of the molecule is CC(C)n1c(=O)c2cnc(Nc3ccc(N4CC5CCC(C4)O5)cc3)nc2n1-c1cccc(C(C)(C)C(F)(F)F)n1. The average Bonchev–Trinajstić information content (AvgIpc) is 3.43. The van der Waals surface area contributed by atoms with Gasteiger partial charge in [-0.15, -0.1) is 0 Å². The lowest BCUT2D eigenvalue weighted by atomic mass is 9.88. The van der Waals surface area contributed by atoms with E-state index in [9.17, 15) is 18.0 Å². The molecule has 2 atom stereocenters. The quantitative estimate of drug-likeness (QED) is 0.329. The molecule has 0 aliphatic carbocycles. The fourth-order valence-corrected chi connectivity index (χ4v) is 5.49. The molecule has 41 heavy (non-hydrogen) atoms. The highest BCUT2D eigenvalue weighted by Crippen LogP contribution is 2.39. The summed E-state index contributed by atoms with van der Waals surface area (Å²) in [5.74, 6) is 0.408. The molecule has 2 aliphatic heterocycles. The lowest BCUT2D eigenvalue weighted by molar-refractivity contribution is -0.181. The van der Waals surface area contributed by atoms with Crippen LogP contribution in [0.3, 0.4) is 0 Å². The Morgan fingerprint density at radius 2 is 1.68 bits per heavy atom. The van der Waals surface area contributed by atoms with Gasteiger partial charge in [0.15, 0.2) is 11.5 Å². The van der Waals surface area contributed by atoms with Crippen molar-refractivity contribution in [3.05, 3.63) is 64.7 Å². The minimum absolute atomic E-state index is 0.159. The fourth-order valence-electron chi connectivity index (χ4n) is 5.49. The monoisotopic (exact) mass is 567 g/mol. The van der Waals surface area contributed by atoms with E-state index in [1.165, 1.54) is 27.7 Å². The molecule has 9 nitrogen and oxygen atoms in total. The van der Waals surface area contributed by atoms with Crippen LogP contribution in [0.5, 0.6) is 0 Å². The van der Waals surface area contributed by atoms with E-state index in [4.69, 9.17) is 4.74 Å². The molecule has 0 saturated carbocycles. The van der Waals surface area contributed by atoms with E-state index in [0.717, 1.165) is 51.2 Å². The van der Waals surface area contributed by atoms with Gasteiger partial charge in [0, 0.05) is 36.7 Å². The Morgan fingerprint density at radius 3 is 2.32 bits per heavy atom. The summed E-state index contributed by atoms with van der Waals surface area (Å²) in [6.07, 6.45) is -0.294. The number of pyridine rings is 1. The summed E-state index contributed by atoms with van der Waals surface area (Å²) in [6.45, 7) is 7.55. The maximum absolute atomic E-state index is 13.8. The van der Waals surface area contributed by atoms with E-state index < -0.39 is 11.6 Å². The summed E-state index contributed by atoms with van der Waals surface area (Å²) in [6, 6.07) is 12.1. The zero-order chi connectivity index (χ0) is 29.1. The number of benzene rings is 1. The third-order valence-corrected chi connectivity index (χ3v) is 7.94. The van der Waals surface area contributed by atoms with Crippen LogP contribution in [0.15, 0.2) is 53.5 Å². The molecule has 5 heterocycles. The summed E-state index contributed by atoms with van der Waals surface area (Å²) in [5, 5.41) is 3.43. The summed E-state index contributed by atoms with van der Waals surface area (Å²) in [7, 11) is 0. The average molecular weight is 568 g/mol. The molecule has 0 spiro atoms. The molecule has 2 aliphatic rings. The van der Waals surface area contributed by atoms with Crippen LogP contribution in [-0.2, 0) is 10.2 Å². The number of nitrogens with zero attached hydrogens (tertiary/aromatic N) is 6. The first-order valence-electron chi connectivity index (χ1n) is 13.7. The number of morpholine rings is 1. The normalized spacial score (nSPS) is 19.4. The van der Waals surface area contributed by atoms with Crippen molar-refractivity contribution in [2.45, 2.75) is 70.4 Å². The fraction of sp³-hybridized carbons (Fsp3) is 0.448. The van der Waals surface area contributed by atoms with E-state index in [1.54, 1.807) is 6.07 Å². The number of halogens is 3. The Kier molecular flexibility index (Phi) is 6.55. The van der Waals surface area contributed by atoms with Gasteiger partial charge in [-0.2, -0.15) is 18.2 Å². The molecule has 0 radical (unpaired) electrons. The first-order chi connectivity index (χ1) is 19.4. The van der Waals surface area contributed by atoms with Crippen molar-refractivity contribution in [1.82, 2.24) is 24.3 Å². The first-order valence-corrected chi connectivity index (χ1v) is 13.7. The van der Waals surface area contributed by atoms with Crippen LogP contribution in [-0.4, -0.2) is 55.8 Å². The van der Waals surface area contributed by atoms with Crippen molar-refractivity contribution in [2.24, 2.45) is 0 Å². The molecule has 2 fully saturated rings. The highest BCUT2D eigenvalue weighted by atomic mass is 19.4. The van der Waals surface area contributed by atoms with Gasteiger partial charge in [-0.3, -0.25) is 4.79 Å². The van der Waals surface area contributed by atoms with Gasteiger partial charge in [0.2, 0.25) is 5.95 Å². The van der Waals surface area contributed by atoms with E-state index in [2.05, 4.69) is 25.2 Å². The van der Waals surface area contributed by atoms with Crippen molar-refractivity contribution in [1.29, 1.82) is 0 Å². The molecule has 216 valence electrons. The number of rotatable bonds is 6. The zero-order valence-electron chi connectivity index (χ0n) is 23.3. The van der Waals surface area contributed by atoms with Crippen LogP contribution in [0.4, 0.5) is 30.5 Å². The molecule has 6 rings (SSSR count). The second-order valence-electron chi connectivity index (χ2n) is 11.5. The van der Waals surface area contributed by atoms with Crippen molar-refractivity contribution >= 4 is 28.4 Å². The van der Waals surface area contributed by atoms with Gasteiger partial charge in [0.05, 0.1) is 17.9 Å². The van der Waals surface area contributed by atoms with Gasteiger partial charge in [-0.05, 0) is 76.9 Å². The molecule has 3 aromatic heterocycles. The second kappa shape index (κ2) is 9.86. The molecular formula is C29H32F3N7O2. The molecule has 2 unspecified atom stereocenters. The van der Waals surface area contributed by atoms with E-state index in [-0.39, 0.29) is 52.3 Å². The minimum atomic E-state index is -4.51. The number of nitrogens with one attached hydrogen (secondary N) is 1. The Hall–Kier alpha value is -3.93. The minimum Gasteiger partial charge on any atom is -0.371 e. The van der Waals surface area contributed by atoms with Crippen molar-refractivity contribution in [3.8, 4) is 5.82 Å². The van der Waals surface area contributed by atoms with Crippen molar-refractivity contribution in [2.75, 3.05) is 23.3 Å². The van der Waals surface area contributed by atoms with Crippen molar-refractivity contribution in [3.63, 3.8) is 0 Å². The summed E-state index contributed by atoms with van der Waals surface area (Å²) < 4.78 is 50.3. The van der Waals surface area contributed by atoms with Crippen LogP contribution in [0, 0.1) is 0 Å². The Bertz CT molecular complexity index is 1630. The zero-order valence-corrected chi connectivity index (χ0v) is 23.3. The molecule has 12 heteroatoms. The summed E-state index contributed by atoms with van der Waals surface area (Å²) in [4.78, 5) is 29.0. The molecule has 1 N–H and O–H groups in total. The number of anilines is 3. The van der Waals surface area contributed by atoms with Gasteiger partial charge < -0.3 is 15.0 Å². The van der Waals surface area contributed by atoms with Gasteiger partial charge >= 0.3 is 6.18 Å². The van der Waals surface area contributed by atoms with E-state index in [1.807, 2.05) is 38.1 Å². The number of hydrogen-bond donors (Lipinski definition) is 1. The number of fused-ring (bicyclic) bond motifs is 3. The summed E-state index contributed by atoms with van der Waals surface area (Å²) >= 11 is 0.